The minimum absolute atomic E-state index is 0. The third-order valence-electron chi connectivity index (χ3n) is 1.47. The molecule has 0 saturated carbocycles. The van der Waals surface area contributed by atoms with Gasteiger partial charge in [0.25, 0.3) is 0 Å². The summed E-state index contributed by atoms with van der Waals surface area (Å²) in [7, 11) is 0. The molecule has 0 fully saturated rings. The van der Waals surface area contributed by atoms with Gasteiger partial charge in [-0.2, -0.15) is 0 Å². The molecule has 0 rings (SSSR count). The van der Waals surface area contributed by atoms with E-state index in [9.17, 15) is 0 Å². The van der Waals surface area contributed by atoms with Crippen molar-refractivity contribution in [3.63, 3.8) is 0 Å². The molecule has 0 spiro atoms. The molecule has 0 aliphatic carbocycles. The molecule has 0 heterocycles. The zero-order valence-electron chi connectivity index (χ0n) is 7.97. The average molecular weight is 214 g/mol. The molecule has 0 aromatic heterocycles. The molecular formula is C8H15NaOS2. The average Bonchev–Trinajstić information content (AvgIpc) is 1.96. The summed E-state index contributed by atoms with van der Waals surface area (Å²) < 4.78 is 5.22. The summed E-state index contributed by atoms with van der Waals surface area (Å²) in [6.45, 7) is 2.90. The normalized spacial score (nSPS) is 8.75. The van der Waals surface area contributed by atoms with Crippen LogP contribution in [-0.4, -0.2) is 11.0 Å². The molecule has 0 amide bonds. The van der Waals surface area contributed by atoms with Gasteiger partial charge >= 0.3 is 29.6 Å². The van der Waals surface area contributed by atoms with Crippen LogP contribution in [0.25, 0.3) is 0 Å². The van der Waals surface area contributed by atoms with Crippen LogP contribution < -0.4 is 29.6 Å². The number of thiocarbonyl (C=S) groups is 1. The molecule has 0 radical (unpaired) electrons. The van der Waals surface area contributed by atoms with Crippen molar-refractivity contribution in [3.8, 4) is 0 Å². The quantitative estimate of drug-likeness (QED) is 0.262. The zero-order valence-corrected chi connectivity index (χ0v) is 11.6. The molecule has 4 heteroatoms. The van der Waals surface area contributed by atoms with Crippen LogP contribution in [0.2, 0.25) is 0 Å². The van der Waals surface area contributed by atoms with Gasteiger partial charge in [0.15, 0.2) is 0 Å². The van der Waals surface area contributed by atoms with Crippen molar-refractivity contribution in [2.45, 2.75) is 39.0 Å². The number of hydrogen-bond acceptors (Lipinski definition) is 3. The van der Waals surface area contributed by atoms with E-state index in [1.54, 1.807) is 0 Å². The molecular weight excluding hydrogens is 199 g/mol. The van der Waals surface area contributed by atoms with Crippen molar-refractivity contribution < 1.29 is 34.3 Å². The molecule has 0 N–H and O–H groups in total. The Morgan fingerprint density at radius 3 is 2.33 bits per heavy atom. The maximum Gasteiger partial charge on any atom is 1.00 e. The summed E-state index contributed by atoms with van der Waals surface area (Å²) in [5, 5.41) is 0. The van der Waals surface area contributed by atoms with Gasteiger partial charge in [0.1, 0.15) is 0 Å². The smallest absolute Gasteiger partial charge is 0.514 e. The van der Waals surface area contributed by atoms with Gasteiger partial charge in [0, 0.05) is 4.38 Å². The zero-order chi connectivity index (χ0) is 8.53. The Hall–Kier alpha value is 1.11. The van der Waals surface area contributed by atoms with Crippen LogP contribution >= 0.6 is 12.2 Å². The van der Waals surface area contributed by atoms with Gasteiger partial charge in [0.05, 0.1) is 6.61 Å². The van der Waals surface area contributed by atoms with Gasteiger partial charge in [-0.25, -0.2) is 0 Å². The Labute approximate surface area is 108 Å². The first-order chi connectivity index (χ1) is 5.27. The van der Waals surface area contributed by atoms with E-state index in [0.29, 0.717) is 6.61 Å². The second-order valence-electron chi connectivity index (χ2n) is 2.51. The first-order valence-electron chi connectivity index (χ1n) is 4.11. The Morgan fingerprint density at radius 2 is 1.83 bits per heavy atom. The van der Waals surface area contributed by atoms with E-state index >= 15 is 0 Å². The van der Waals surface area contributed by atoms with E-state index in [-0.39, 0.29) is 33.9 Å². The molecule has 0 saturated heterocycles. The number of unbranched alkanes of at least 4 members (excludes halogenated alkanes) is 4. The summed E-state index contributed by atoms with van der Waals surface area (Å²) in [6.07, 6.45) is 6.20. The molecule has 0 atom stereocenters. The third-order valence-corrected chi connectivity index (χ3v) is 1.70. The SMILES string of the molecule is CCCCCCCOC(=S)[S-].[Na+]. The monoisotopic (exact) mass is 214 g/mol. The van der Waals surface area contributed by atoms with E-state index in [1.165, 1.54) is 25.7 Å². The standard InChI is InChI=1S/C8H16OS2.Na/c1-2-3-4-5-6-7-9-8(10)11;/h2-7H2,1H3,(H,10,11);/q;+1/p-1. The van der Waals surface area contributed by atoms with Crippen molar-refractivity contribution in [1.82, 2.24) is 0 Å². The van der Waals surface area contributed by atoms with Gasteiger partial charge in [-0.1, -0.05) is 32.6 Å². The summed E-state index contributed by atoms with van der Waals surface area (Å²) >= 11 is 9.18. The van der Waals surface area contributed by atoms with E-state index < -0.39 is 0 Å². The first kappa shape index (κ1) is 15.6. The topological polar surface area (TPSA) is 9.23 Å². The Balaban J connectivity index is 0. The van der Waals surface area contributed by atoms with E-state index in [4.69, 9.17) is 4.74 Å². The number of ether oxygens (including phenoxy) is 1. The molecule has 66 valence electrons. The summed E-state index contributed by atoms with van der Waals surface area (Å²) in [6, 6.07) is 0. The van der Waals surface area contributed by atoms with Crippen LogP contribution in [0.1, 0.15) is 39.0 Å². The number of hydrogen-bond donors (Lipinski definition) is 0. The van der Waals surface area contributed by atoms with Crippen LogP contribution in [0, 0.1) is 0 Å². The molecule has 1 nitrogen and oxygen atoms in total. The van der Waals surface area contributed by atoms with Crippen LogP contribution in [-0.2, 0) is 17.4 Å². The van der Waals surface area contributed by atoms with Crippen molar-refractivity contribution >= 4 is 29.2 Å². The van der Waals surface area contributed by atoms with Crippen molar-refractivity contribution in [2.24, 2.45) is 0 Å². The number of rotatable bonds is 6. The van der Waals surface area contributed by atoms with Gasteiger partial charge in [-0.15, -0.1) is 0 Å². The van der Waals surface area contributed by atoms with E-state index in [1.807, 2.05) is 0 Å². The van der Waals surface area contributed by atoms with Crippen LogP contribution in [0.3, 0.4) is 0 Å². The molecule has 0 bridgehead atoms. The molecule has 12 heavy (non-hydrogen) atoms. The second-order valence-corrected chi connectivity index (χ2v) is 3.51. The summed E-state index contributed by atoms with van der Waals surface area (Å²) in [5.41, 5.74) is 0. The minimum atomic E-state index is 0. The maximum atomic E-state index is 4.97. The molecule has 0 aliphatic rings. The van der Waals surface area contributed by atoms with Crippen molar-refractivity contribution in [3.05, 3.63) is 0 Å². The fourth-order valence-corrected chi connectivity index (χ4v) is 1.03. The van der Waals surface area contributed by atoms with Crippen LogP contribution in [0.4, 0.5) is 0 Å². The first-order valence-corrected chi connectivity index (χ1v) is 4.92. The predicted molar refractivity (Wildman–Crippen MR) is 54.7 cm³/mol. The predicted octanol–water partition coefficient (Wildman–Crippen LogP) is -0.191. The van der Waals surface area contributed by atoms with Crippen molar-refractivity contribution in [1.29, 1.82) is 0 Å². The van der Waals surface area contributed by atoms with Gasteiger partial charge < -0.3 is 29.6 Å². The van der Waals surface area contributed by atoms with E-state index in [2.05, 4.69) is 31.8 Å². The Morgan fingerprint density at radius 1 is 1.25 bits per heavy atom. The van der Waals surface area contributed by atoms with E-state index in [0.717, 1.165) is 6.42 Å². The molecule has 0 aromatic carbocycles. The van der Waals surface area contributed by atoms with Gasteiger partial charge in [-0.3, -0.25) is 0 Å². The summed E-state index contributed by atoms with van der Waals surface area (Å²) in [5.74, 6) is 0. The fourth-order valence-electron chi connectivity index (χ4n) is 0.861. The van der Waals surface area contributed by atoms with Gasteiger partial charge in [0.2, 0.25) is 0 Å². The summed E-state index contributed by atoms with van der Waals surface area (Å²) in [4.78, 5) is 0. The van der Waals surface area contributed by atoms with Crippen LogP contribution in [0.5, 0.6) is 0 Å². The Kier molecular flexibility index (Phi) is 15.7. The minimum Gasteiger partial charge on any atom is -0.514 e. The fraction of sp³-hybridized carbons (Fsp3) is 0.875. The van der Waals surface area contributed by atoms with Crippen LogP contribution in [0.15, 0.2) is 0 Å². The van der Waals surface area contributed by atoms with Gasteiger partial charge in [-0.05, 0) is 6.42 Å². The molecule has 0 aromatic rings. The third kappa shape index (κ3) is 13.7. The molecule has 0 aliphatic heterocycles. The maximum absolute atomic E-state index is 4.97. The molecule has 0 unspecified atom stereocenters. The second kappa shape index (κ2) is 12.1. The van der Waals surface area contributed by atoms with Crippen molar-refractivity contribution in [2.75, 3.05) is 6.61 Å². The largest absolute Gasteiger partial charge is 1.00 e. The Bertz CT molecular complexity index is 109.